The highest BCUT2D eigenvalue weighted by atomic mass is 19.1. The summed E-state index contributed by atoms with van der Waals surface area (Å²) in [6.45, 7) is 2.28. The number of ether oxygens (including phenoxy) is 1. The standard InChI is InChI=1S/C23H18FNO2/c1-16-6-5-11-25-21(16)13-19(22(25)14-26)18-9-10-23(20(24)12-18)27-15-17-7-3-2-4-8-17/h2-14H,15H2,1H3. The lowest BCUT2D eigenvalue weighted by atomic mass is 10.1. The van der Waals surface area contributed by atoms with Crippen molar-refractivity contribution in [1.82, 2.24) is 4.40 Å². The molecule has 0 fully saturated rings. The summed E-state index contributed by atoms with van der Waals surface area (Å²) in [5.41, 5.74) is 4.80. The number of carbonyl (C=O) groups is 1. The fourth-order valence-electron chi connectivity index (χ4n) is 3.24. The largest absolute Gasteiger partial charge is 0.486 e. The van der Waals surface area contributed by atoms with Gasteiger partial charge in [-0.05, 0) is 47.9 Å². The third-order valence-electron chi connectivity index (χ3n) is 4.65. The Morgan fingerprint density at radius 3 is 2.59 bits per heavy atom. The average Bonchev–Trinajstić information content (AvgIpc) is 3.08. The third-order valence-corrected chi connectivity index (χ3v) is 4.65. The molecule has 0 amide bonds. The van der Waals surface area contributed by atoms with Gasteiger partial charge in [-0.2, -0.15) is 0 Å². The van der Waals surface area contributed by atoms with Crippen LogP contribution in [0.5, 0.6) is 5.75 Å². The Balaban J connectivity index is 1.67. The van der Waals surface area contributed by atoms with Gasteiger partial charge in [-0.15, -0.1) is 0 Å². The third kappa shape index (κ3) is 3.22. The Morgan fingerprint density at radius 2 is 1.85 bits per heavy atom. The molecule has 0 saturated heterocycles. The summed E-state index contributed by atoms with van der Waals surface area (Å²) in [5.74, 6) is -0.262. The number of fused-ring (bicyclic) bond motifs is 1. The van der Waals surface area contributed by atoms with Crippen LogP contribution in [0.2, 0.25) is 0 Å². The summed E-state index contributed by atoms with van der Waals surface area (Å²) >= 11 is 0. The predicted molar refractivity (Wildman–Crippen MR) is 104 cm³/mol. The molecule has 0 saturated carbocycles. The highest BCUT2D eigenvalue weighted by molar-refractivity contribution is 5.90. The Kier molecular flexibility index (Phi) is 4.47. The second-order valence-corrected chi connectivity index (χ2v) is 6.43. The van der Waals surface area contributed by atoms with Crippen LogP contribution in [0, 0.1) is 12.7 Å². The van der Waals surface area contributed by atoms with Crippen LogP contribution in [-0.2, 0) is 6.61 Å². The minimum absolute atomic E-state index is 0.190. The lowest BCUT2D eigenvalue weighted by Gasteiger charge is -2.09. The minimum Gasteiger partial charge on any atom is -0.486 e. The minimum atomic E-state index is -0.452. The van der Waals surface area contributed by atoms with E-state index in [1.807, 2.05) is 66.1 Å². The number of pyridine rings is 1. The van der Waals surface area contributed by atoms with Crippen LogP contribution in [0.4, 0.5) is 4.39 Å². The Labute approximate surface area is 156 Å². The Hall–Kier alpha value is -3.40. The number of benzene rings is 2. The van der Waals surface area contributed by atoms with Crippen molar-refractivity contribution in [2.75, 3.05) is 0 Å². The molecule has 4 aromatic rings. The first kappa shape index (κ1) is 17.0. The molecule has 0 radical (unpaired) electrons. The summed E-state index contributed by atoms with van der Waals surface area (Å²) in [6, 6.07) is 20.2. The Morgan fingerprint density at radius 1 is 1.04 bits per heavy atom. The number of halogens is 1. The van der Waals surface area contributed by atoms with Crippen molar-refractivity contribution in [2.45, 2.75) is 13.5 Å². The van der Waals surface area contributed by atoms with Crippen molar-refractivity contribution in [3.63, 3.8) is 0 Å². The average molecular weight is 359 g/mol. The van der Waals surface area contributed by atoms with Gasteiger partial charge in [0.1, 0.15) is 6.61 Å². The number of rotatable bonds is 5. The van der Waals surface area contributed by atoms with Crippen molar-refractivity contribution in [2.24, 2.45) is 0 Å². The van der Waals surface area contributed by atoms with Crippen molar-refractivity contribution < 1.29 is 13.9 Å². The molecule has 0 bridgehead atoms. The number of aryl methyl sites for hydroxylation is 1. The second kappa shape index (κ2) is 7.08. The number of hydrogen-bond acceptors (Lipinski definition) is 2. The molecule has 0 unspecified atom stereocenters. The molecule has 3 nitrogen and oxygen atoms in total. The lowest BCUT2D eigenvalue weighted by Crippen LogP contribution is -1.98. The summed E-state index contributed by atoms with van der Waals surface area (Å²) < 4.78 is 22.0. The van der Waals surface area contributed by atoms with E-state index in [2.05, 4.69) is 0 Å². The fraction of sp³-hybridized carbons (Fsp3) is 0.0870. The number of nitrogens with zero attached hydrogens (tertiary/aromatic N) is 1. The van der Waals surface area contributed by atoms with E-state index in [1.54, 1.807) is 12.1 Å². The number of hydrogen-bond donors (Lipinski definition) is 0. The monoisotopic (exact) mass is 359 g/mol. The molecule has 27 heavy (non-hydrogen) atoms. The molecular formula is C23H18FNO2. The van der Waals surface area contributed by atoms with Gasteiger partial charge in [-0.3, -0.25) is 4.79 Å². The molecule has 0 atom stereocenters. The maximum Gasteiger partial charge on any atom is 0.167 e. The van der Waals surface area contributed by atoms with E-state index in [1.165, 1.54) is 6.07 Å². The molecule has 4 rings (SSSR count). The molecule has 0 spiro atoms. The molecule has 0 N–H and O–H groups in total. The van der Waals surface area contributed by atoms with Gasteiger partial charge in [0.05, 0.1) is 5.69 Å². The molecule has 2 aromatic heterocycles. The van der Waals surface area contributed by atoms with Crippen LogP contribution in [0.1, 0.15) is 21.6 Å². The van der Waals surface area contributed by atoms with Crippen LogP contribution >= 0.6 is 0 Å². The lowest BCUT2D eigenvalue weighted by molar-refractivity contribution is 0.111. The summed E-state index contributed by atoms with van der Waals surface area (Å²) in [4.78, 5) is 11.7. The zero-order valence-corrected chi connectivity index (χ0v) is 14.9. The molecule has 0 aliphatic carbocycles. The molecule has 4 heteroatoms. The van der Waals surface area contributed by atoms with Crippen LogP contribution in [0.15, 0.2) is 72.9 Å². The summed E-state index contributed by atoms with van der Waals surface area (Å²) in [6.07, 6.45) is 2.64. The van der Waals surface area contributed by atoms with E-state index in [0.717, 1.165) is 22.9 Å². The first-order valence-electron chi connectivity index (χ1n) is 8.70. The molecule has 0 aliphatic rings. The van der Waals surface area contributed by atoms with Gasteiger partial charge in [0.25, 0.3) is 0 Å². The van der Waals surface area contributed by atoms with Gasteiger partial charge >= 0.3 is 0 Å². The van der Waals surface area contributed by atoms with Gasteiger partial charge in [0.2, 0.25) is 0 Å². The molecule has 0 aliphatic heterocycles. The summed E-state index contributed by atoms with van der Waals surface area (Å²) in [5, 5.41) is 0. The van der Waals surface area contributed by atoms with E-state index >= 15 is 0 Å². The zero-order chi connectivity index (χ0) is 18.8. The van der Waals surface area contributed by atoms with Gasteiger partial charge < -0.3 is 9.14 Å². The van der Waals surface area contributed by atoms with Gasteiger partial charge in [-0.25, -0.2) is 4.39 Å². The maximum absolute atomic E-state index is 14.6. The molecule has 2 aromatic carbocycles. The Bertz CT molecular complexity index is 1120. The highest BCUT2D eigenvalue weighted by Gasteiger charge is 2.14. The van der Waals surface area contributed by atoms with Crippen molar-refractivity contribution in [1.29, 1.82) is 0 Å². The second-order valence-electron chi connectivity index (χ2n) is 6.43. The van der Waals surface area contributed by atoms with Crippen molar-refractivity contribution in [3.8, 4) is 16.9 Å². The number of aldehydes is 1. The van der Waals surface area contributed by atoms with Gasteiger partial charge in [-0.1, -0.05) is 42.5 Å². The van der Waals surface area contributed by atoms with Crippen LogP contribution in [-0.4, -0.2) is 10.7 Å². The topological polar surface area (TPSA) is 30.7 Å². The normalized spacial score (nSPS) is 10.9. The van der Waals surface area contributed by atoms with Crippen molar-refractivity contribution in [3.05, 3.63) is 95.6 Å². The van der Waals surface area contributed by atoms with E-state index in [-0.39, 0.29) is 5.75 Å². The van der Waals surface area contributed by atoms with Crippen molar-refractivity contribution >= 4 is 11.8 Å². The van der Waals surface area contributed by atoms with E-state index in [9.17, 15) is 9.18 Å². The first-order valence-corrected chi connectivity index (χ1v) is 8.70. The quantitative estimate of drug-likeness (QED) is 0.444. The molecule has 2 heterocycles. The number of carbonyl (C=O) groups excluding carboxylic acids is 1. The number of aromatic nitrogens is 1. The van der Waals surface area contributed by atoms with E-state index in [0.29, 0.717) is 23.4 Å². The van der Waals surface area contributed by atoms with E-state index in [4.69, 9.17) is 4.74 Å². The first-order chi connectivity index (χ1) is 13.2. The zero-order valence-electron chi connectivity index (χ0n) is 14.9. The summed E-state index contributed by atoms with van der Waals surface area (Å²) in [7, 11) is 0. The van der Waals surface area contributed by atoms with Crippen LogP contribution < -0.4 is 4.74 Å². The SMILES string of the molecule is Cc1cccn2c(C=O)c(-c3ccc(OCc4ccccc4)c(F)c3)cc12. The van der Waals surface area contributed by atoms with Gasteiger partial charge in [0, 0.05) is 17.3 Å². The van der Waals surface area contributed by atoms with Crippen LogP contribution in [0.25, 0.3) is 16.6 Å². The predicted octanol–water partition coefficient (Wildman–Crippen LogP) is 5.45. The van der Waals surface area contributed by atoms with Crippen LogP contribution in [0.3, 0.4) is 0 Å². The van der Waals surface area contributed by atoms with E-state index < -0.39 is 5.82 Å². The molecular weight excluding hydrogens is 341 g/mol. The smallest absolute Gasteiger partial charge is 0.167 e. The fourth-order valence-corrected chi connectivity index (χ4v) is 3.24. The highest BCUT2D eigenvalue weighted by Crippen LogP contribution is 2.31. The molecule has 134 valence electrons. The van der Waals surface area contributed by atoms with Gasteiger partial charge in [0.15, 0.2) is 17.9 Å². The maximum atomic E-state index is 14.6.